The Hall–Kier alpha value is -2.65. The van der Waals surface area contributed by atoms with Crippen molar-refractivity contribution in [3.63, 3.8) is 0 Å². The number of nitrogens with zero attached hydrogens (tertiary/aromatic N) is 2. The highest BCUT2D eigenvalue weighted by atomic mass is 35.5. The SMILES string of the molecule is CCNC(=O)[C@H](C)N(Cc1ccc(F)cc1)C(=O)CN(c1ccc(C)c(Cl)c1)S(C)(=O)=O. The zero-order valence-electron chi connectivity index (χ0n) is 18.4. The number of likely N-dealkylation sites (N-methyl/N-ethyl adjacent to an activating group) is 1. The lowest BCUT2D eigenvalue weighted by atomic mass is 10.1. The zero-order valence-corrected chi connectivity index (χ0v) is 20.0. The second kappa shape index (κ2) is 10.8. The molecule has 0 fully saturated rings. The van der Waals surface area contributed by atoms with Crippen LogP contribution in [0.2, 0.25) is 5.02 Å². The van der Waals surface area contributed by atoms with Crippen molar-refractivity contribution in [2.45, 2.75) is 33.4 Å². The van der Waals surface area contributed by atoms with Gasteiger partial charge in [-0.3, -0.25) is 13.9 Å². The zero-order chi connectivity index (χ0) is 24.1. The van der Waals surface area contributed by atoms with E-state index in [-0.39, 0.29) is 18.1 Å². The molecule has 1 N–H and O–H groups in total. The minimum atomic E-state index is -3.83. The number of halogens is 2. The van der Waals surface area contributed by atoms with E-state index in [0.29, 0.717) is 17.1 Å². The van der Waals surface area contributed by atoms with E-state index in [4.69, 9.17) is 11.6 Å². The molecule has 2 rings (SSSR count). The molecule has 0 unspecified atom stereocenters. The van der Waals surface area contributed by atoms with Gasteiger partial charge >= 0.3 is 0 Å². The summed E-state index contributed by atoms with van der Waals surface area (Å²) in [5.74, 6) is -1.40. The molecule has 174 valence electrons. The molecule has 0 saturated carbocycles. The van der Waals surface area contributed by atoms with Gasteiger partial charge in [0.25, 0.3) is 0 Å². The van der Waals surface area contributed by atoms with Crippen molar-refractivity contribution in [1.29, 1.82) is 0 Å². The summed E-state index contributed by atoms with van der Waals surface area (Å²) in [4.78, 5) is 27.0. The average molecular weight is 484 g/mol. The quantitative estimate of drug-likeness (QED) is 0.593. The van der Waals surface area contributed by atoms with E-state index in [1.165, 1.54) is 35.2 Å². The predicted molar refractivity (Wildman–Crippen MR) is 123 cm³/mol. The van der Waals surface area contributed by atoms with Crippen LogP contribution < -0.4 is 9.62 Å². The molecule has 2 aromatic rings. The van der Waals surface area contributed by atoms with Crippen LogP contribution in [0, 0.1) is 12.7 Å². The molecular weight excluding hydrogens is 457 g/mol. The number of nitrogens with one attached hydrogen (secondary N) is 1. The topological polar surface area (TPSA) is 86.8 Å². The number of benzene rings is 2. The Morgan fingerprint density at radius 3 is 2.31 bits per heavy atom. The average Bonchev–Trinajstić information content (AvgIpc) is 2.72. The van der Waals surface area contributed by atoms with Gasteiger partial charge in [-0.05, 0) is 56.2 Å². The molecule has 0 aromatic heterocycles. The van der Waals surface area contributed by atoms with Crippen LogP contribution in [-0.2, 0) is 26.2 Å². The lowest BCUT2D eigenvalue weighted by Crippen LogP contribution is -2.51. The number of hydrogen-bond acceptors (Lipinski definition) is 4. The summed E-state index contributed by atoms with van der Waals surface area (Å²) < 4.78 is 39.2. The number of amides is 2. The first kappa shape index (κ1) is 25.6. The van der Waals surface area contributed by atoms with Gasteiger partial charge in [0.15, 0.2) is 0 Å². The van der Waals surface area contributed by atoms with Gasteiger partial charge in [-0.25, -0.2) is 12.8 Å². The van der Waals surface area contributed by atoms with Gasteiger partial charge in [-0.2, -0.15) is 0 Å². The van der Waals surface area contributed by atoms with Crippen molar-refractivity contribution in [2.75, 3.05) is 23.7 Å². The number of hydrogen-bond donors (Lipinski definition) is 1. The first-order chi connectivity index (χ1) is 14.9. The highest BCUT2D eigenvalue weighted by molar-refractivity contribution is 7.92. The van der Waals surface area contributed by atoms with Crippen molar-refractivity contribution in [3.8, 4) is 0 Å². The Bertz CT molecular complexity index is 1080. The number of carbonyl (C=O) groups excluding carboxylic acids is 2. The molecule has 1 atom stereocenters. The molecule has 2 aromatic carbocycles. The van der Waals surface area contributed by atoms with Gasteiger partial charge in [-0.15, -0.1) is 0 Å². The molecule has 0 bridgehead atoms. The van der Waals surface area contributed by atoms with Crippen LogP contribution in [0.1, 0.15) is 25.0 Å². The van der Waals surface area contributed by atoms with E-state index in [1.807, 2.05) is 0 Å². The van der Waals surface area contributed by atoms with E-state index in [0.717, 1.165) is 16.1 Å². The number of carbonyl (C=O) groups is 2. The second-order valence-electron chi connectivity index (χ2n) is 7.42. The summed E-state index contributed by atoms with van der Waals surface area (Å²) >= 11 is 6.15. The summed E-state index contributed by atoms with van der Waals surface area (Å²) in [7, 11) is -3.83. The number of rotatable bonds is 9. The Balaban J connectivity index is 2.39. The molecule has 10 heteroatoms. The van der Waals surface area contributed by atoms with Gasteiger partial charge in [0, 0.05) is 18.1 Å². The molecular formula is C22H27ClFN3O4S. The van der Waals surface area contributed by atoms with Gasteiger partial charge in [-0.1, -0.05) is 29.8 Å². The fourth-order valence-corrected chi connectivity index (χ4v) is 4.06. The molecule has 0 aliphatic carbocycles. The third kappa shape index (κ3) is 6.67. The fourth-order valence-electron chi connectivity index (χ4n) is 3.04. The largest absolute Gasteiger partial charge is 0.355 e. The monoisotopic (exact) mass is 483 g/mol. The van der Waals surface area contributed by atoms with Crippen molar-refractivity contribution in [3.05, 3.63) is 64.4 Å². The Labute approximate surface area is 193 Å². The van der Waals surface area contributed by atoms with E-state index in [9.17, 15) is 22.4 Å². The first-order valence-electron chi connectivity index (χ1n) is 9.99. The molecule has 0 aliphatic heterocycles. The van der Waals surface area contributed by atoms with Crippen LogP contribution in [0.25, 0.3) is 0 Å². The molecule has 7 nitrogen and oxygen atoms in total. The van der Waals surface area contributed by atoms with E-state index in [2.05, 4.69) is 5.32 Å². The van der Waals surface area contributed by atoms with Crippen LogP contribution >= 0.6 is 11.6 Å². The van der Waals surface area contributed by atoms with Crippen molar-refractivity contribution in [2.24, 2.45) is 0 Å². The highest BCUT2D eigenvalue weighted by Gasteiger charge is 2.30. The molecule has 0 spiro atoms. The summed E-state index contributed by atoms with van der Waals surface area (Å²) in [5.41, 5.74) is 1.60. The van der Waals surface area contributed by atoms with E-state index < -0.39 is 34.3 Å². The van der Waals surface area contributed by atoms with Crippen LogP contribution in [0.3, 0.4) is 0 Å². The lowest BCUT2D eigenvalue weighted by molar-refractivity contribution is -0.139. The highest BCUT2D eigenvalue weighted by Crippen LogP contribution is 2.25. The molecule has 2 amide bonds. The molecule has 32 heavy (non-hydrogen) atoms. The maximum Gasteiger partial charge on any atom is 0.244 e. The first-order valence-corrected chi connectivity index (χ1v) is 12.2. The molecule has 0 saturated heterocycles. The fraction of sp³-hybridized carbons (Fsp3) is 0.364. The summed E-state index contributed by atoms with van der Waals surface area (Å²) in [6.07, 6.45) is 0.992. The Kier molecular flexibility index (Phi) is 8.63. The third-order valence-electron chi connectivity index (χ3n) is 4.91. The van der Waals surface area contributed by atoms with E-state index >= 15 is 0 Å². The van der Waals surface area contributed by atoms with Gasteiger partial charge in [0.05, 0.1) is 11.9 Å². The number of anilines is 1. The third-order valence-corrected chi connectivity index (χ3v) is 6.45. The Morgan fingerprint density at radius 1 is 1.16 bits per heavy atom. The smallest absolute Gasteiger partial charge is 0.244 e. The van der Waals surface area contributed by atoms with Crippen LogP contribution in [-0.4, -0.2) is 50.5 Å². The second-order valence-corrected chi connectivity index (χ2v) is 9.74. The maximum absolute atomic E-state index is 13.3. The number of sulfonamides is 1. The van der Waals surface area contributed by atoms with Crippen LogP contribution in [0.15, 0.2) is 42.5 Å². The minimum absolute atomic E-state index is 0.00364. The Morgan fingerprint density at radius 2 is 1.78 bits per heavy atom. The van der Waals surface area contributed by atoms with Crippen LogP contribution in [0.5, 0.6) is 0 Å². The van der Waals surface area contributed by atoms with Gasteiger partial charge < -0.3 is 10.2 Å². The molecule has 0 radical (unpaired) electrons. The minimum Gasteiger partial charge on any atom is -0.355 e. The normalized spacial score (nSPS) is 12.2. The molecule has 0 aliphatic rings. The van der Waals surface area contributed by atoms with E-state index in [1.54, 1.807) is 32.9 Å². The number of aryl methyl sites for hydroxylation is 1. The van der Waals surface area contributed by atoms with Crippen molar-refractivity contribution in [1.82, 2.24) is 10.2 Å². The van der Waals surface area contributed by atoms with Crippen LogP contribution in [0.4, 0.5) is 10.1 Å². The summed E-state index contributed by atoms with van der Waals surface area (Å²) in [5, 5.41) is 3.03. The standard InChI is InChI=1S/C22H27ClFN3O4S/c1-5-25-22(29)16(3)26(13-17-7-9-18(24)10-8-17)21(28)14-27(32(4,30)31)19-11-6-15(2)20(23)12-19/h6-12,16H,5,13-14H2,1-4H3,(H,25,29)/t16-/m0/s1. The maximum atomic E-state index is 13.3. The van der Waals surface area contributed by atoms with Gasteiger partial charge in [0.1, 0.15) is 18.4 Å². The van der Waals surface area contributed by atoms with Crippen molar-refractivity contribution < 1.29 is 22.4 Å². The summed E-state index contributed by atoms with van der Waals surface area (Å²) in [6.45, 7) is 4.94. The molecule has 0 heterocycles. The predicted octanol–water partition coefficient (Wildman–Crippen LogP) is 3.11. The van der Waals surface area contributed by atoms with Crippen molar-refractivity contribution >= 4 is 39.1 Å². The summed E-state index contributed by atoms with van der Waals surface area (Å²) in [6, 6.07) is 9.35. The van der Waals surface area contributed by atoms with Gasteiger partial charge in [0.2, 0.25) is 21.8 Å². The lowest BCUT2D eigenvalue weighted by Gasteiger charge is -2.31.